The number of aromatic nitrogens is 1. The van der Waals surface area contributed by atoms with E-state index in [1.807, 2.05) is 30.3 Å². The maximum Gasteiger partial charge on any atom is 0.261 e. The van der Waals surface area contributed by atoms with Crippen LogP contribution in [0.4, 0.5) is 5.69 Å². The van der Waals surface area contributed by atoms with Crippen molar-refractivity contribution < 1.29 is 17.9 Å². The highest BCUT2D eigenvalue weighted by Crippen LogP contribution is 2.28. The molecular formula is C22H18N2O4S. The van der Waals surface area contributed by atoms with Crippen LogP contribution in [-0.4, -0.2) is 18.5 Å². The van der Waals surface area contributed by atoms with E-state index >= 15 is 0 Å². The van der Waals surface area contributed by atoms with E-state index in [0.29, 0.717) is 28.5 Å². The Labute approximate surface area is 168 Å². The average molecular weight is 406 g/mol. The zero-order valence-electron chi connectivity index (χ0n) is 15.5. The first kappa shape index (κ1) is 18.8. The van der Waals surface area contributed by atoms with Gasteiger partial charge < -0.3 is 9.52 Å². The summed E-state index contributed by atoms with van der Waals surface area (Å²) in [5.74, 6) is 1.13. The van der Waals surface area contributed by atoms with E-state index in [-0.39, 0.29) is 10.6 Å². The smallest absolute Gasteiger partial charge is 0.261 e. The molecule has 1 aromatic heterocycles. The van der Waals surface area contributed by atoms with Gasteiger partial charge >= 0.3 is 0 Å². The van der Waals surface area contributed by atoms with Gasteiger partial charge in [-0.2, -0.15) is 0 Å². The molecule has 3 aromatic carbocycles. The van der Waals surface area contributed by atoms with E-state index in [1.54, 1.807) is 25.3 Å². The first-order chi connectivity index (χ1) is 13.9. The fourth-order valence-corrected chi connectivity index (χ4v) is 4.02. The second-order valence-electron chi connectivity index (χ2n) is 6.52. The summed E-state index contributed by atoms with van der Waals surface area (Å²) in [7, 11) is -3.77. The number of phenols is 1. The lowest BCUT2D eigenvalue weighted by Crippen LogP contribution is -2.13. The highest BCUT2D eigenvalue weighted by atomic mass is 32.2. The molecule has 1 heterocycles. The minimum absolute atomic E-state index is 0.0793. The summed E-state index contributed by atoms with van der Waals surface area (Å²) in [6.45, 7) is 1.72. The normalized spacial score (nSPS) is 11.3. The third-order valence-corrected chi connectivity index (χ3v) is 5.81. The predicted molar refractivity (Wildman–Crippen MR) is 111 cm³/mol. The van der Waals surface area contributed by atoms with E-state index < -0.39 is 10.0 Å². The minimum atomic E-state index is -3.77. The molecule has 2 N–H and O–H groups in total. The molecule has 0 spiro atoms. The number of nitrogens with one attached hydrogen (secondary N) is 1. The Morgan fingerprint density at radius 3 is 2.34 bits per heavy atom. The number of phenolic OH excluding ortho intramolecular Hbond substituents is 1. The monoisotopic (exact) mass is 406 g/mol. The number of hydrogen-bond donors (Lipinski definition) is 2. The third kappa shape index (κ3) is 4.00. The van der Waals surface area contributed by atoms with Gasteiger partial charge in [0.15, 0.2) is 5.76 Å². The van der Waals surface area contributed by atoms with Gasteiger partial charge in [0.1, 0.15) is 5.75 Å². The standard InChI is InChI=1S/C22H18N2O4S/c1-15-13-18(25)9-12-20(15)24-29(26,27)19-10-7-17(8-11-19)22-23-14-21(28-22)16-5-3-2-4-6-16/h2-14,24-25H,1H3. The first-order valence-corrected chi connectivity index (χ1v) is 10.3. The van der Waals surface area contributed by atoms with Crippen LogP contribution in [0.15, 0.2) is 88.3 Å². The Hall–Kier alpha value is -3.58. The summed E-state index contributed by atoms with van der Waals surface area (Å²) in [4.78, 5) is 4.40. The van der Waals surface area contributed by atoms with Crippen molar-refractivity contribution in [1.29, 1.82) is 0 Å². The van der Waals surface area contributed by atoms with Gasteiger partial charge in [0.25, 0.3) is 10.0 Å². The zero-order valence-corrected chi connectivity index (χ0v) is 16.3. The fraction of sp³-hybridized carbons (Fsp3) is 0.0455. The summed E-state index contributed by atoms with van der Waals surface area (Å²) < 4.78 is 33.7. The molecule has 0 aliphatic heterocycles. The summed E-state index contributed by atoms with van der Waals surface area (Å²) in [6, 6.07) is 20.4. The van der Waals surface area contributed by atoms with Crippen LogP contribution in [0.1, 0.15) is 5.56 Å². The number of benzene rings is 3. The van der Waals surface area contributed by atoms with E-state index in [2.05, 4.69) is 9.71 Å². The number of aryl methyl sites for hydroxylation is 1. The molecule has 0 radical (unpaired) electrons. The second kappa shape index (κ2) is 7.44. The molecule has 4 aromatic rings. The van der Waals surface area contributed by atoms with E-state index in [0.717, 1.165) is 5.56 Å². The van der Waals surface area contributed by atoms with Crippen molar-refractivity contribution in [1.82, 2.24) is 4.98 Å². The van der Waals surface area contributed by atoms with Gasteiger partial charge in [-0.1, -0.05) is 30.3 Å². The van der Waals surface area contributed by atoms with E-state index in [9.17, 15) is 13.5 Å². The van der Waals surface area contributed by atoms with Crippen molar-refractivity contribution in [3.05, 3.63) is 84.6 Å². The zero-order chi connectivity index (χ0) is 20.4. The Morgan fingerprint density at radius 2 is 1.66 bits per heavy atom. The van der Waals surface area contributed by atoms with Crippen LogP contribution < -0.4 is 4.72 Å². The largest absolute Gasteiger partial charge is 0.508 e. The molecule has 0 unspecified atom stereocenters. The molecule has 29 heavy (non-hydrogen) atoms. The maximum atomic E-state index is 12.7. The number of sulfonamides is 1. The van der Waals surface area contributed by atoms with Gasteiger partial charge in [-0.3, -0.25) is 4.72 Å². The number of hydrogen-bond acceptors (Lipinski definition) is 5. The molecule has 0 amide bonds. The lowest BCUT2D eigenvalue weighted by Gasteiger charge is -2.11. The van der Waals surface area contributed by atoms with Crippen molar-refractivity contribution in [2.75, 3.05) is 4.72 Å². The van der Waals surface area contributed by atoms with Crippen molar-refractivity contribution in [3.63, 3.8) is 0 Å². The van der Waals surface area contributed by atoms with Crippen LogP contribution >= 0.6 is 0 Å². The molecule has 146 valence electrons. The van der Waals surface area contributed by atoms with Crippen molar-refractivity contribution >= 4 is 15.7 Å². The van der Waals surface area contributed by atoms with Gasteiger partial charge in [-0.05, 0) is 55.0 Å². The molecule has 7 heteroatoms. The highest BCUT2D eigenvalue weighted by molar-refractivity contribution is 7.92. The Balaban J connectivity index is 1.57. The Morgan fingerprint density at radius 1 is 0.931 bits per heavy atom. The third-order valence-electron chi connectivity index (χ3n) is 4.43. The summed E-state index contributed by atoms with van der Waals surface area (Å²) in [5, 5.41) is 9.47. The molecule has 0 bridgehead atoms. The molecular weight excluding hydrogens is 388 g/mol. The van der Waals surface area contributed by atoms with Gasteiger partial charge in [0.2, 0.25) is 5.89 Å². The number of rotatable bonds is 5. The lowest BCUT2D eigenvalue weighted by atomic mass is 10.2. The Kier molecular flexibility index (Phi) is 4.82. The lowest BCUT2D eigenvalue weighted by molar-refractivity contribution is 0.475. The number of aromatic hydroxyl groups is 1. The van der Waals surface area contributed by atoms with Gasteiger partial charge in [-0.25, -0.2) is 13.4 Å². The van der Waals surface area contributed by atoms with Crippen LogP contribution in [0.2, 0.25) is 0 Å². The molecule has 0 saturated carbocycles. The van der Waals surface area contributed by atoms with Crippen LogP contribution in [0.5, 0.6) is 5.75 Å². The number of nitrogens with zero attached hydrogens (tertiary/aromatic N) is 1. The minimum Gasteiger partial charge on any atom is -0.508 e. The first-order valence-electron chi connectivity index (χ1n) is 8.86. The molecule has 6 nitrogen and oxygen atoms in total. The molecule has 0 aliphatic carbocycles. The maximum absolute atomic E-state index is 12.7. The van der Waals surface area contributed by atoms with E-state index in [4.69, 9.17) is 4.42 Å². The summed E-state index contributed by atoms with van der Waals surface area (Å²) >= 11 is 0. The van der Waals surface area contributed by atoms with Crippen molar-refractivity contribution in [2.45, 2.75) is 11.8 Å². The SMILES string of the molecule is Cc1cc(O)ccc1NS(=O)(=O)c1ccc(-c2ncc(-c3ccccc3)o2)cc1. The molecule has 0 saturated heterocycles. The topological polar surface area (TPSA) is 92.4 Å². The van der Waals surface area contributed by atoms with Gasteiger partial charge in [0, 0.05) is 11.1 Å². The number of anilines is 1. The molecule has 0 fully saturated rings. The molecule has 4 rings (SSSR count). The average Bonchev–Trinajstić information content (AvgIpc) is 3.21. The van der Waals surface area contributed by atoms with Crippen LogP contribution in [-0.2, 0) is 10.0 Å². The fourth-order valence-electron chi connectivity index (χ4n) is 2.89. The Bertz CT molecular complexity index is 1250. The number of oxazole rings is 1. The van der Waals surface area contributed by atoms with Gasteiger partial charge in [-0.15, -0.1) is 0 Å². The van der Waals surface area contributed by atoms with Crippen LogP contribution in [0.3, 0.4) is 0 Å². The molecule has 0 atom stereocenters. The molecule has 0 aliphatic rings. The van der Waals surface area contributed by atoms with Crippen LogP contribution in [0.25, 0.3) is 22.8 Å². The summed E-state index contributed by atoms with van der Waals surface area (Å²) in [6.07, 6.45) is 1.64. The van der Waals surface area contributed by atoms with Gasteiger partial charge in [0.05, 0.1) is 16.8 Å². The predicted octanol–water partition coefficient (Wildman–Crippen LogP) is 4.82. The van der Waals surface area contributed by atoms with Crippen LogP contribution in [0, 0.1) is 6.92 Å². The highest BCUT2D eigenvalue weighted by Gasteiger charge is 2.16. The van der Waals surface area contributed by atoms with Crippen molar-refractivity contribution in [3.8, 4) is 28.5 Å². The second-order valence-corrected chi connectivity index (χ2v) is 8.21. The van der Waals surface area contributed by atoms with Crippen molar-refractivity contribution in [2.24, 2.45) is 0 Å². The van der Waals surface area contributed by atoms with E-state index in [1.165, 1.54) is 30.3 Å². The quantitative estimate of drug-likeness (QED) is 0.464. The summed E-state index contributed by atoms with van der Waals surface area (Å²) in [5.41, 5.74) is 2.62.